The number of carbonyl (C=O) groups excluding carboxylic acids is 1. The van der Waals surface area contributed by atoms with Crippen LogP contribution in [0.3, 0.4) is 0 Å². The largest absolute Gasteiger partial charge is 0.481 e. The maximum atomic E-state index is 11.9. The van der Waals surface area contributed by atoms with Crippen LogP contribution in [0, 0.1) is 18.8 Å². The molecule has 0 saturated carbocycles. The van der Waals surface area contributed by atoms with Crippen LogP contribution in [-0.2, 0) is 9.59 Å². The number of carbonyl (C=O) groups is 2. The van der Waals surface area contributed by atoms with E-state index in [-0.39, 0.29) is 5.91 Å². The average Bonchev–Trinajstić information content (AvgIpc) is 2.31. The predicted molar refractivity (Wildman–Crippen MR) is 73.5 cm³/mol. The van der Waals surface area contributed by atoms with Crippen molar-refractivity contribution in [3.63, 3.8) is 0 Å². The topological polar surface area (TPSA) is 66.4 Å². The molecule has 1 amide bonds. The quantitative estimate of drug-likeness (QED) is 0.897. The number of hydrogen-bond donors (Lipinski definition) is 2. The lowest BCUT2D eigenvalue weighted by Crippen LogP contribution is -2.29. The molecule has 0 bridgehead atoms. The summed E-state index contributed by atoms with van der Waals surface area (Å²) in [4.78, 5) is 22.7. The molecule has 1 rings (SSSR count). The van der Waals surface area contributed by atoms with Gasteiger partial charge in [-0.2, -0.15) is 0 Å². The van der Waals surface area contributed by atoms with Crippen molar-refractivity contribution in [1.82, 2.24) is 0 Å². The van der Waals surface area contributed by atoms with E-state index in [1.807, 2.05) is 19.1 Å². The minimum absolute atomic E-state index is 0.286. The third-order valence-corrected chi connectivity index (χ3v) is 3.87. The lowest BCUT2D eigenvalue weighted by atomic mass is 9.95. The summed E-state index contributed by atoms with van der Waals surface area (Å²) >= 11 is 3.38. The van der Waals surface area contributed by atoms with Gasteiger partial charge < -0.3 is 10.4 Å². The molecule has 2 atom stereocenters. The van der Waals surface area contributed by atoms with Crippen molar-refractivity contribution in [1.29, 1.82) is 0 Å². The van der Waals surface area contributed by atoms with Crippen LogP contribution in [0.25, 0.3) is 0 Å². The second kappa shape index (κ2) is 6.00. The van der Waals surface area contributed by atoms with Crippen molar-refractivity contribution in [3.05, 3.63) is 28.2 Å². The standard InChI is InChI=1S/C13H16BrNO3/c1-7-6-10(4-5-11(7)14)15-12(16)8(2)9(3)13(17)18/h4-6,8-9H,1-3H3,(H,15,16)(H,17,18). The first kappa shape index (κ1) is 14.7. The van der Waals surface area contributed by atoms with Crippen molar-refractivity contribution in [3.8, 4) is 0 Å². The molecular weight excluding hydrogens is 298 g/mol. The summed E-state index contributed by atoms with van der Waals surface area (Å²) in [6.45, 7) is 5.06. The smallest absolute Gasteiger partial charge is 0.307 e. The average molecular weight is 314 g/mol. The number of benzene rings is 1. The number of amides is 1. The number of anilines is 1. The monoisotopic (exact) mass is 313 g/mol. The van der Waals surface area contributed by atoms with E-state index in [0.717, 1.165) is 10.0 Å². The Morgan fingerprint density at radius 1 is 1.28 bits per heavy atom. The molecule has 0 aromatic heterocycles. The SMILES string of the molecule is Cc1cc(NC(=O)C(C)C(C)C(=O)O)ccc1Br. The second-order valence-electron chi connectivity index (χ2n) is 4.37. The summed E-state index contributed by atoms with van der Waals surface area (Å²) in [5, 5.41) is 11.6. The molecule has 2 unspecified atom stereocenters. The van der Waals surface area contributed by atoms with Gasteiger partial charge in [0.1, 0.15) is 0 Å². The second-order valence-corrected chi connectivity index (χ2v) is 5.22. The predicted octanol–water partition coefficient (Wildman–Crippen LogP) is 3.05. The van der Waals surface area contributed by atoms with E-state index in [1.54, 1.807) is 13.0 Å². The summed E-state index contributed by atoms with van der Waals surface area (Å²) < 4.78 is 0.965. The first-order chi connectivity index (χ1) is 8.32. The molecule has 0 aliphatic carbocycles. The van der Waals surface area contributed by atoms with Gasteiger partial charge in [0.15, 0.2) is 0 Å². The van der Waals surface area contributed by atoms with Gasteiger partial charge in [0.2, 0.25) is 5.91 Å². The van der Waals surface area contributed by atoms with Gasteiger partial charge >= 0.3 is 5.97 Å². The number of aryl methyl sites for hydroxylation is 1. The molecule has 0 heterocycles. The molecule has 98 valence electrons. The lowest BCUT2D eigenvalue weighted by Gasteiger charge is -2.16. The Morgan fingerprint density at radius 2 is 1.89 bits per heavy atom. The van der Waals surface area contributed by atoms with E-state index in [9.17, 15) is 9.59 Å². The van der Waals surface area contributed by atoms with Crippen LogP contribution in [0.2, 0.25) is 0 Å². The molecule has 18 heavy (non-hydrogen) atoms. The van der Waals surface area contributed by atoms with Gasteiger partial charge in [0.25, 0.3) is 0 Å². The number of hydrogen-bond acceptors (Lipinski definition) is 2. The Labute approximate surface area is 115 Å². The fourth-order valence-electron chi connectivity index (χ4n) is 1.42. The van der Waals surface area contributed by atoms with Gasteiger partial charge in [0.05, 0.1) is 5.92 Å². The number of aliphatic carboxylic acids is 1. The molecule has 0 saturated heterocycles. The molecule has 0 radical (unpaired) electrons. The molecule has 4 nitrogen and oxygen atoms in total. The van der Waals surface area contributed by atoms with Gasteiger partial charge in [-0.3, -0.25) is 9.59 Å². The van der Waals surface area contributed by atoms with Gasteiger partial charge in [-0.1, -0.05) is 29.8 Å². The number of nitrogens with one attached hydrogen (secondary N) is 1. The molecular formula is C13H16BrNO3. The van der Waals surface area contributed by atoms with Crippen LogP contribution < -0.4 is 5.32 Å². The summed E-state index contributed by atoms with van der Waals surface area (Å²) in [6.07, 6.45) is 0. The first-order valence-corrected chi connectivity index (χ1v) is 6.42. The molecule has 1 aromatic rings. The van der Waals surface area contributed by atoms with Gasteiger partial charge in [-0.25, -0.2) is 0 Å². The third kappa shape index (κ3) is 3.57. The lowest BCUT2D eigenvalue weighted by molar-refractivity contribution is -0.145. The van der Waals surface area contributed by atoms with Crippen LogP contribution in [0.1, 0.15) is 19.4 Å². The van der Waals surface area contributed by atoms with E-state index >= 15 is 0 Å². The summed E-state index contributed by atoms with van der Waals surface area (Å²) in [6, 6.07) is 5.45. The van der Waals surface area contributed by atoms with E-state index < -0.39 is 17.8 Å². The van der Waals surface area contributed by atoms with Crippen LogP contribution in [0.5, 0.6) is 0 Å². The Morgan fingerprint density at radius 3 is 2.39 bits per heavy atom. The van der Waals surface area contributed by atoms with Crippen molar-refractivity contribution in [2.24, 2.45) is 11.8 Å². The van der Waals surface area contributed by atoms with E-state index in [2.05, 4.69) is 21.2 Å². The first-order valence-electron chi connectivity index (χ1n) is 5.62. The number of halogens is 1. The van der Waals surface area contributed by atoms with Crippen LogP contribution in [0.15, 0.2) is 22.7 Å². The van der Waals surface area contributed by atoms with Gasteiger partial charge in [-0.05, 0) is 30.7 Å². The highest BCUT2D eigenvalue weighted by Crippen LogP contribution is 2.21. The Balaban J connectivity index is 2.75. The Kier molecular flexibility index (Phi) is 4.90. The summed E-state index contributed by atoms with van der Waals surface area (Å²) in [5.74, 6) is -2.54. The van der Waals surface area contributed by atoms with Crippen molar-refractivity contribution in [2.45, 2.75) is 20.8 Å². The molecule has 1 aromatic carbocycles. The van der Waals surface area contributed by atoms with Crippen molar-refractivity contribution < 1.29 is 14.7 Å². The highest BCUT2D eigenvalue weighted by Gasteiger charge is 2.25. The van der Waals surface area contributed by atoms with Crippen LogP contribution in [0.4, 0.5) is 5.69 Å². The highest BCUT2D eigenvalue weighted by molar-refractivity contribution is 9.10. The van der Waals surface area contributed by atoms with Crippen molar-refractivity contribution in [2.75, 3.05) is 5.32 Å². The Hall–Kier alpha value is -1.36. The van der Waals surface area contributed by atoms with E-state index in [1.165, 1.54) is 6.92 Å². The number of carboxylic acid groups (broad SMARTS) is 1. The maximum Gasteiger partial charge on any atom is 0.307 e. The summed E-state index contributed by atoms with van der Waals surface area (Å²) in [5.41, 5.74) is 1.68. The highest BCUT2D eigenvalue weighted by atomic mass is 79.9. The zero-order valence-corrected chi connectivity index (χ0v) is 12.1. The maximum absolute atomic E-state index is 11.9. The van der Waals surface area contributed by atoms with Crippen LogP contribution in [-0.4, -0.2) is 17.0 Å². The van der Waals surface area contributed by atoms with Gasteiger partial charge in [-0.15, -0.1) is 0 Å². The molecule has 0 aliphatic rings. The minimum Gasteiger partial charge on any atom is -0.481 e. The van der Waals surface area contributed by atoms with E-state index in [4.69, 9.17) is 5.11 Å². The normalized spacial score (nSPS) is 13.8. The zero-order valence-electron chi connectivity index (χ0n) is 10.5. The Bertz CT molecular complexity index is 473. The van der Waals surface area contributed by atoms with E-state index in [0.29, 0.717) is 5.69 Å². The molecule has 0 fully saturated rings. The number of carboxylic acids is 1. The molecule has 0 spiro atoms. The molecule has 0 aliphatic heterocycles. The zero-order chi connectivity index (χ0) is 13.9. The summed E-state index contributed by atoms with van der Waals surface area (Å²) in [7, 11) is 0. The van der Waals surface area contributed by atoms with Crippen LogP contribution >= 0.6 is 15.9 Å². The third-order valence-electron chi connectivity index (χ3n) is 2.98. The van der Waals surface area contributed by atoms with Crippen molar-refractivity contribution >= 4 is 33.5 Å². The molecule has 5 heteroatoms. The fourth-order valence-corrected chi connectivity index (χ4v) is 1.67. The number of rotatable bonds is 4. The fraction of sp³-hybridized carbons (Fsp3) is 0.385. The van der Waals surface area contributed by atoms with Gasteiger partial charge in [0, 0.05) is 16.1 Å². The minimum atomic E-state index is -0.968. The molecule has 2 N–H and O–H groups in total.